The molecule has 0 atom stereocenters. The van der Waals surface area contributed by atoms with Crippen LogP contribution in [0, 0.1) is 0 Å². The second-order valence-corrected chi connectivity index (χ2v) is 4.34. The Morgan fingerprint density at radius 2 is 2.24 bits per heavy atom. The van der Waals surface area contributed by atoms with E-state index in [9.17, 15) is 0 Å². The molecule has 0 fully saturated rings. The van der Waals surface area contributed by atoms with Crippen LogP contribution in [0.1, 0.15) is 11.1 Å². The van der Waals surface area contributed by atoms with Crippen molar-refractivity contribution in [3.05, 3.63) is 59.1 Å². The fourth-order valence-electron chi connectivity index (χ4n) is 1.90. The van der Waals surface area contributed by atoms with E-state index in [1.807, 2.05) is 24.5 Å². The topological polar surface area (TPSA) is 41.6 Å². The maximum atomic E-state index is 5.96. The molecular weight excluding hydrogens is 234 g/mol. The van der Waals surface area contributed by atoms with Crippen LogP contribution in [0.3, 0.4) is 0 Å². The van der Waals surface area contributed by atoms with Gasteiger partial charge in [-0.3, -0.25) is 4.98 Å². The molecule has 17 heavy (non-hydrogen) atoms. The Morgan fingerprint density at radius 1 is 1.29 bits per heavy atom. The van der Waals surface area contributed by atoms with Gasteiger partial charge in [0.1, 0.15) is 5.65 Å². The first-order valence-electron chi connectivity index (χ1n) is 5.33. The first kappa shape index (κ1) is 10.3. The quantitative estimate of drug-likeness (QED) is 0.751. The van der Waals surface area contributed by atoms with Gasteiger partial charge in [-0.15, -0.1) is 0 Å². The lowest BCUT2D eigenvalue weighted by atomic mass is 10.1. The van der Waals surface area contributed by atoms with Gasteiger partial charge in [-0.2, -0.15) is 0 Å². The van der Waals surface area contributed by atoms with Crippen molar-refractivity contribution in [1.82, 2.24) is 15.0 Å². The van der Waals surface area contributed by atoms with Crippen LogP contribution < -0.4 is 0 Å². The van der Waals surface area contributed by atoms with E-state index >= 15 is 0 Å². The van der Waals surface area contributed by atoms with E-state index in [0.717, 1.165) is 17.5 Å². The Hall–Kier alpha value is -1.87. The average Bonchev–Trinajstić information content (AvgIpc) is 2.73. The van der Waals surface area contributed by atoms with Gasteiger partial charge in [0, 0.05) is 36.6 Å². The summed E-state index contributed by atoms with van der Waals surface area (Å²) in [5.41, 5.74) is 3.23. The molecule has 0 unspecified atom stereocenters. The third-order valence-electron chi connectivity index (χ3n) is 2.70. The van der Waals surface area contributed by atoms with E-state index in [1.165, 1.54) is 11.1 Å². The Kier molecular flexibility index (Phi) is 2.53. The number of hydrogen-bond donors (Lipinski definition) is 1. The van der Waals surface area contributed by atoms with E-state index < -0.39 is 0 Å². The van der Waals surface area contributed by atoms with E-state index in [4.69, 9.17) is 11.6 Å². The Morgan fingerprint density at radius 3 is 3.06 bits per heavy atom. The minimum absolute atomic E-state index is 0.657. The number of rotatable bonds is 2. The maximum absolute atomic E-state index is 5.96. The number of halogens is 1. The Bertz CT molecular complexity index is 646. The van der Waals surface area contributed by atoms with Crippen LogP contribution in [-0.2, 0) is 6.42 Å². The second-order valence-electron chi connectivity index (χ2n) is 3.90. The zero-order valence-electron chi connectivity index (χ0n) is 9.02. The first-order chi connectivity index (χ1) is 8.33. The number of pyridine rings is 2. The molecule has 0 saturated heterocycles. The molecule has 0 aliphatic carbocycles. The molecule has 3 heterocycles. The molecule has 3 aromatic rings. The number of aromatic amines is 1. The van der Waals surface area contributed by atoms with Gasteiger partial charge >= 0.3 is 0 Å². The molecule has 0 aromatic carbocycles. The molecule has 0 aliphatic heterocycles. The van der Waals surface area contributed by atoms with Gasteiger partial charge in [0.15, 0.2) is 0 Å². The fourth-order valence-corrected chi connectivity index (χ4v) is 2.06. The van der Waals surface area contributed by atoms with Gasteiger partial charge in [0.05, 0.1) is 5.02 Å². The van der Waals surface area contributed by atoms with Crippen molar-refractivity contribution in [2.75, 3.05) is 0 Å². The van der Waals surface area contributed by atoms with Crippen LogP contribution in [0.4, 0.5) is 0 Å². The fraction of sp³-hybridized carbons (Fsp3) is 0.0769. The third kappa shape index (κ3) is 2.01. The molecule has 3 aromatic heterocycles. The van der Waals surface area contributed by atoms with Crippen LogP contribution in [0.25, 0.3) is 11.0 Å². The van der Waals surface area contributed by atoms with Crippen molar-refractivity contribution in [2.24, 2.45) is 0 Å². The van der Waals surface area contributed by atoms with Crippen LogP contribution in [-0.4, -0.2) is 15.0 Å². The zero-order valence-corrected chi connectivity index (χ0v) is 9.78. The highest BCUT2D eigenvalue weighted by atomic mass is 35.5. The molecule has 4 heteroatoms. The SMILES string of the molecule is Clc1cnc2[nH]cc(Cc3cccnc3)c2c1. The summed E-state index contributed by atoms with van der Waals surface area (Å²) in [4.78, 5) is 11.5. The van der Waals surface area contributed by atoms with Gasteiger partial charge in [-0.25, -0.2) is 4.98 Å². The van der Waals surface area contributed by atoms with Crippen molar-refractivity contribution in [3.8, 4) is 0 Å². The van der Waals surface area contributed by atoms with Crippen molar-refractivity contribution in [1.29, 1.82) is 0 Å². The molecule has 0 saturated carbocycles. The average molecular weight is 244 g/mol. The van der Waals surface area contributed by atoms with Gasteiger partial charge in [0.25, 0.3) is 0 Å². The number of fused-ring (bicyclic) bond motifs is 1. The van der Waals surface area contributed by atoms with E-state index in [-0.39, 0.29) is 0 Å². The Labute approximate surface area is 103 Å². The van der Waals surface area contributed by atoms with Gasteiger partial charge in [-0.05, 0) is 23.3 Å². The largest absolute Gasteiger partial charge is 0.346 e. The minimum Gasteiger partial charge on any atom is -0.346 e. The Balaban J connectivity index is 2.03. The predicted octanol–water partition coefficient (Wildman–Crippen LogP) is 3.20. The number of nitrogens with one attached hydrogen (secondary N) is 1. The lowest BCUT2D eigenvalue weighted by Gasteiger charge is -1.99. The minimum atomic E-state index is 0.657. The maximum Gasteiger partial charge on any atom is 0.137 e. The number of aromatic nitrogens is 3. The van der Waals surface area contributed by atoms with Gasteiger partial charge < -0.3 is 4.98 Å². The lowest BCUT2D eigenvalue weighted by molar-refractivity contribution is 1.15. The monoisotopic (exact) mass is 243 g/mol. The summed E-state index contributed by atoms with van der Waals surface area (Å²) in [5.74, 6) is 0. The summed E-state index contributed by atoms with van der Waals surface area (Å²) < 4.78 is 0. The van der Waals surface area contributed by atoms with Crippen LogP contribution in [0.15, 0.2) is 43.0 Å². The summed E-state index contributed by atoms with van der Waals surface area (Å²) >= 11 is 5.96. The van der Waals surface area contributed by atoms with Gasteiger partial charge in [-0.1, -0.05) is 17.7 Å². The molecule has 3 rings (SSSR count). The highest BCUT2D eigenvalue weighted by Crippen LogP contribution is 2.22. The molecule has 1 N–H and O–H groups in total. The standard InChI is InChI=1S/C13H10ClN3/c14-11-5-12-10(7-16-13(12)17-8-11)4-9-2-1-3-15-6-9/h1-3,5-8H,4H2,(H,16,17). The van der Waals surface area contributed by atoms with E-state index in [1.54, 1.807) is 12.4 Å². The molecule has 84 valence electrons. The smallest absolute Gasteiger partial charge is 0.137 e. The second kappa shape index (κ2) is 4.18. The van der Waals surface area contributed by atoms with Crippen LogP contribution >= 0.6 is 11.6 Å². The third-order valence-corrected chi connectivity index (χ3v) is 2.91. The van der Waals surface area contributed by atoms with Gasteiger partial charge in [0.2, 0.25) is 0 Å². The molecule has 0 bridgehead atoms. The normalized spacial score (nSPS) is 10.9. The van der Waals surface area contributed by atoms with E-state index in [0.29, 0.717) is 5.02 Å². The summed E-state index contributed by atoms with van der Waals surface area (Å²) in [5, 5.41) is 1.73. The molecule has 0 spiro atoms. The molecule has 0 amide bonds. The zero-order chi connectivity index (χ0) is 11.7. The molecule has 0 radical (unpaired) electrons. The number of nitrogens with zero attached hydrogens (tertiary/aromatic N) is 2. The molecule has 3 nitrogen and oxygen atoms in total. The number of hydrogen-bond acceptors (Lipinski definition) is 2. The highest BCUT2D eigenvalue weighted by Gasteiger charge is 2.06. The van der Waals surface area contributed by atoms with E-state index in [2.05, 4.69) is 21.0 Å². The van der Waals surface area contributed by atoms with Crippen molar-refractivity contribution < 1.29 is 0 Å². The molecular formula is C13H10ClN3. The van der Waals surface area contributed by atoms with Crippen molar-refractivity contribution in [2.45, 2.75) is 6.42 Å². The highest BCUT2D eigenvalue weighted by molar-refractivity contribution is 6.31. The van der Waals surface area contributed by atoms with Crippen LogP contribution in [0.5, 0.6) is 0 Å². The predicted molar refractivity (Wildman–Crippen MR) is 68.1 cm³/mol. The van der Waals surface area contributed by atoms with Crippen molar-refractivity contribution >= 4 is 22.6 Å². The first-order valence-corrected chi connectivity index (χ1v) is 5.71. The summed E-state index contributed by atoms with van der Waals surface area (Å²) in [6, 6.07) is 5.94. The summed E-state index contributed by atoms with van der Waals surface area (Å²) in [7, 11) is 0. The van der Waals surface area contributed by atoms with Crippen LogP contribution in [0.2, 0.25) is 5.02 Å². The summed E-state index contributed by atoms with van der Waals surface area (Å²) in [6.07, 6.45) is 8.10. The summed E-state index contributed by atoms with van der Waals surface area (Å²) in [6.45, 7) is 0. The molecule has 0 aliphatic rings. The van der Waals surface area contributed by atoms with Crippen molar-refractivity contribution in [3.63, 3.8) is 0 Å². The lowest BCUT2D eigenvalue weighted by Crippen LogP contribution is -1.87. The number of H-pyrrole nitrogens is 1.